The average Bonchev–Trinajstić information content (AvgIpc) is 3.75. The quantitative estimate of drug-likeness (QED) is 0.470. The van der Waals surface area contributed by atoms with E-state index in [-0.39, 0.29) is 34.6 Å². The Labute approximate surface area is 212 Å². The minimum Gasteiger partial charge on any atom is -0.394 e. The Morgan fingerprint density at radius 2 is 1.81 bits per heavy atom. The molecule has 0 atom stereocenters. The third-order valence-electron chi connectivity index (χ3n) is 8.35. The molecular formula is C27H34N4O4S. The summed E-state index contributed by atoms with van der Waals surface area (Å²) < 4.78 is 25.5. The number of aromatic nitrogens is 1. The average molecular weight is 511 g/mol. The molecule has 0 unspecified atom stereocenters. The number of piperidine rings is 1. The van der Waals surface area contributed by atoms with Crippen molar-refractivity contribution in [3.8, 4) is 0 Å². The number of hydrogen-bond acceptors (Lipinski definition) is 7. The lowest BCUT2D eigenvalue weighted by Crippen LogP contribution is -2.36. The molecule has 1 aliphatic heterocycles. The molecule has 36 heavy (non-hydrogen) atoms. The molecule has 8 nitrogen and oxygen atoms in total. The maximum atomic E-state index is 13.4. The molecule has 1 saturated heterocycles. The zero-order valence-electron chi connectivity index (χ0n) is 20.5. The van der Waals surface area contributed by atoms with Crippen LogP contribution in [0.3, 0.4) is 0 Å². The topological polar surface area (TPSA) is 112 Å². The summed E-state index contributed by atoms with van der Waals surface area (Å²) in [5, 5.41) is 16.0. The number of anilines is 3. The fourth-order valence-corrected chi connectivity index (χ4v) is 6.95. The van der Waals surface area contributed by atoms with E-state index in [2.05, 4.69) is 15.5 Å². The first-order valence-electron chi connectivity index (χ1n) is 13.1. The number of pyridine rings is 1. The van der Waals surface area contributed by atoms with E-state index >= 15 is 0 Å². The van der Waals surface area contributed by atoms with Gasteiger partial charge < -0.3 is 20.6 Å². The standard InChI is InChI=1S/C27H34N4O4S/c32-18-27(10-11-27)30-23-7-6-22(24(29-23)31-14-12-26(8-9-26)13-15-31)25(33)28-20-2-1-3-21(16-20)36(34,35)17-19-4-5-19/h1-3,6-7,16,19,32H,4-5,8-15,17-18H2,(H,28,33)(H,29,30). The Bertz CT molecular complexity index is 1270. The van der Waals surface area contributed by atoms with Crippen LogP contribution < -0.4 is 15.5 Å². The monoisotopic (exact) mass is 510 g/mol. The van der Waals surface area contributed by atoms with Crippen molar-refractivity contribution in [1.29, 1.82) is 0 Å². The number of aliphatic hydroxyl groups excluding tert-OH is 1. The normalized spacial score (nSPS) is 21.8. The van der Waals surface area contributed by atoms with Crippen LogP contribution in [0.4, 0.5) is 17.3 Å². The molecule has 0 radical (unpaired) electrons. The number of carbonyl (C=O) groups is 1. The van der Waals surface area contributed by atoms with Crippen LogP contribution in [0.25, 0.3) is 0 Å². The second-order valence-electron chi connectivity index (χ2n) is 11.3. The van der Waals surface area contributed by atoms with Gasteiger partial charge in [0.25, 0.3) is 5.91 Å². The van der Waals surface area contributed by atoms with Gasteiger partial charge in [-0.1, -0.05) is 6.07 Å². The molecule has 2 heterocycles. The number of aliphatic hydroxyl groups is 1. The summed E-state index contributed by atoms with van der Waals surface area (Å²) in [6.45, 7) is 1.77. The zero-order chi connectivity index (χ0) is 25.0. The van der Waals surface area contributed by atoms with Crippen molar-refractivity contribution < 1.29 is 18.3 Å². The summed E-state index contributed by atoms with van der Waals surface area (Å²) >= 11 is 0. The van der Waals surface area contributed by atoms with Gasteiger partial charge >= 0.3 is 0 Å². The molecule has 1 aromatic heterocycles. The van der Waals surface area contributed by atoms with Crippen LogP contribution in [0, 0.1) is 11.3 Å². The number of carbonyl (C=O) groups excluding carboxylic acids is 1. The van der Waals surface area contributed by atoms with E-state index in [0.717, 1.165) is 51.6 Å². The van der Waals surface area contributed by atoms with Crippen LogP contribution in [0.15, 0.2) is 41.3 Å². The molecule has 1 aromatic carbocycles. The Kier molecular flexibility index (Phi) is 5.75. The summed E-state index contributed by atoms with van der Waals surface area (Å²) in [6.07, 6.45) is 8.53. The molecule has 4 aliphatic rings. The van der Waals surface area contributed by atoms with Crippen LogP contribution in [0.2, 0.25) is 0 Å². The fourth-order valence-electron chi connectivity index (χ4n) is 5.21. The van der Waals surface area contributed by atoms with Gasteiger partial charge in [-0.05, 0) is 93.0 Å². The summed E-state index contributed by atoms with van der Waals surface area (Å²) in [6, 6.07) is 10.1. The van der Waals surface area contributed by atoms with Crippen LogP contribution >= 0.6 is 0 Å². The Balaban J connectivity index is 1.24. The van der Waals surface area contributed by atoms with E-state index in [1.807, 2.05) is 0 Å². The van der Waals surface area contributed by atoms with Gasteiger partial charge in [0.15, 0.2) is 9.84 Å². The Hall–Kier alpha value is -2.65. The van der Waals surface area contributed by atoms with Crippen LogP contribution in [0.1, 0.15) is 61.7 Å². The number of nitrogens with one attached hydrogen (secondary N) is 2. The van der Waals surface area contributed by atoms with Crippen LogP contribution in [-0.2, 0) is 9.84 Å². The third kappa shape index (κ3) is 4.95. The number of rotatable bonds is 9. The molecule has 3 N–H and O–H groups in total. The van der Waals surface area contributed by atoms with Crippen molar-refractivity contribution in [2.45, 2.75) is 61.8 Å². The van der Waals surface area contributed by atoms with Crippen molar-refractivity contribution in [1.82, 2.24) is 4.98 Å². The molecule has 3 saturated carbocycles. The highest BCUT2D eigenvalue weighted by molar-refractivity contribution is 7.91. The predicted octanol–water partition coefficient (Wildman–Crippen LogP) is 3.83. The summed E-state index contributed by atoms with van der Waals surface area (Å²) in [4.78, 5) is 20.7. The SMILES string of the molecule is O=C(Nc1cccc(S(=O)(=O)CC2CC2)c1)c1ccc(NC2(CO)CC2)nc1N1CCC2(CC1)CC2. The summed E-state index contributed by atoms with van der Waals surface area (Å²) in [5.74, 6) is 1.41. The molecule has 192 valence electrons. The van der Waals surface area contributed by atoms with E-state index in [9.17, 15) is 18.3 Å². The van der Waals surface area contributed by atoms with Crippen molar-refractivity contribution in [2.24, 2.45) is 11.3 Å². The van der Waals surface area contributed by atoms with Crippen LogP contribution in [-0.4, -0.2) is 55.4 Å². The number of hydrogen-bond donors (Lipinski definition) is 3. The van der Waals surface area contributed by atoms with Crippen molar-refractivity contribution in [3.05, 3.63) is 42.0 Å². The van der Waals surface area contributed by atoms with Gasteiger partial charge in [0, 0.05) is 18.8 Å². The second-order valence-corrected chi connectivity index (χ2v) is 13.4. The highest BCUT2D eigenvalue weighted by atomic mass is 32.2. The van der Waals surface area contributed by atoms with E-state index in [0.29, 0.717) is 28.3 Å². The van der Waals surface area contributed by atoms with Gasteiger partial charge in [0.1, 0.15) is 11.6 Å². The van der Waals surface area contributed by atoms with Gasteiger partial charge in [-0.3, -0.25) is 4.79 Å². The zero-order valence-corrected chi connectivity index (χ0v) is 21.3. The maximum absolute atomic E-state index is 13.4. The summed E-state index contributed by atoms with van der Waals surface area (Å²) in [7, 11) is -3.37. The highest BCUT2D eigenvalue weighted by Gasteiger charge is 2.45. The maximum Gasteiger partial charge on any atom is 0.259 e. The first-order chi connectivity index (χ1) is 17.3. The molecule has 9 heteroatoms. The van der Waals surface area contributed by atoms with Gasteiger partial charge in [0.2, 0.25) is 0 Å². The Morgan fingerprint density at radius 3 is 2.44 bits per heavy atom. The van der Waals surface area contributed by atoms with Crippen LogP contribution in [0.5, 0.6) is 0 Å². The molecule has 3 aliphatic carbocycles. The molecule has 1 spiro atoms. The van der Waals surface area contributed by atoms with E-state index in [1.54, 1.807) is 36.4 Å². The predicted molar refractivity (Wildman–Crippen MR) is 139 cm³/mol. The number of sulfone groups is 1. The number of amides is 1. The van der Waals surface area contributed by atoms with E-state index in [4.69, 9.17) is 4.98 Å². The second kappa shape index (κ2) is 8.73. The van der Waals surface area contributed by atoms with Crippen molar-refractivity contribution >= 4 is 33.1 Å². The van der Waals surface area contributed by atoms with Crippen molar-refractivity contribution in [3.63, 3.8) is 0 Å². The smallest absolute Gasteiger partial charge is 0.259 e. The van der Waals surface area contributed by atoms with Gasteiger partial charge in [-0.25, -0.2) is 13.4 Å². The lowest BCUT2D eigenvalue weighted by Gasteiger charge is -2.34. The van der Waals surface area contributed by atoms with E-state index < -0.39 is 9.84 Å². The highest BCUT2D eigenvalue weighted by Crippen LogP contribution is 2.54. The molecular weight excluding hydrogens is 476 g/mol. The first-order valence-corrected chi connectivity index (χ1v) is 14.7. The Morgan fingerprint density at radius 1 is 1.06 bits per heavy atom. The van der Waals surface area contributed by atoms with Gasteiger partial charge in [-0.2, -0.15) is 0 Å². The lowest BCUT2D eigenvalue weighted by atomic mass is 9.93. The minimum absolute atomic E-state index is 0.0540. The molecule has 2 aromatic rings. The van der Waals surface area contributed by atoms with Crippen molar-refractivity contribution in [2.75, 3.05) is 41.0 Å². The largest absolute Gasteiger partial charge is 0.394 e. The molecule has 6 rings (SSSR count). The van der Waals surface area contributed by atoms with E-state index in [1.165, 1.54) is 12.8 Å². The fraction of sp³-hybridized carbons (Fsp3) is 0.556. The first kappa shape index (κ1) is 23.7. The lowest BCUT2D eigenvalue weighted by molar-refractivity contribution is 0.102. The van der Waals surface area contributed by atoms with Gasteiger partial charge in [0.05, 0.1) is 28.4 Å². The molecule has 4 fully saturated rings. The third-order valence-corrected chi connectivity index (χ3v) is 10.2. The molecule has 0 bridgehead atoms. The number of nitrogens with zero attached hydrogens (tertiary/aromatic N) is 2. The molecule has 1 amide bonds. The minimum atomic E-state index is -3.37. The number of benzene rings is 1. The van der Waals surface area contributed by atoms with Gasteiger partial charge in [-0.15, -0.1) is 0 Å². The summed E-state index contributed by atoms with van der Waals surface area (Å²) in [5.41, 5.74) is 1.11.